The lowest BCUT2D eigenvalue weighted by atomic mass is 10.1. The first kappa shape index (κ1) is 15.9. The van der Waals surface area contributed by atoms with Crippen LogP contribution in [-0.2, 0) is 17.6 Å². The van der Waals surface area contributed by atoms with Gasteiger partial charge in [0.2, 0.25) is 5.75 Å². The Morgan fingerprint density at radius 1 is 1.29 bits per heavy atom. The normalized spacial score (nSPS) is 12.5. The number of hydrogen-bond acceptors (Lipinski definition) is 5. The molecule has 0 spiro atoms. The van der Waals surface area contributed by atoms with Gasteiger partial charge in [-0.2, -0.15) is 0 Å². The minimum Gasteiger partial charge on any atom is -0.476 e. The first-order chi connectivity index (χ1) is 11.5. The number of fused-ring (bicyclic) bond motifs is 1. The Balaban J connectivity index is 1.63. The number of carbonyl (C=O) groups is 1. The topological polar surface area (TPSA) is 94.4 Å². The summed E-state index contributed by atoms with van der Waals surface area (Å²) in [6, 6.07) is 8.89. The molecule has 1 aliphatic rings. The molecule has 7 nitrogen and oxygen atoms in total. The van der Waals surface area contributed by atoms with Crippen molar-refractivity contribution in [1.29, 1.82) is 0 Å². The number of hydrogen-bond donors (Lipinski definition) is 1. The van der Waals surface area contributed by atoms with Gasteiger partial charge in [-0.3, -0.25) is 4.79 Å². The third-order valence-corrected chi connectivity index (χ3v) is 3.89. The van der Waals surface area contributed by atoms with E-state index >= 15 is 0 Å². The van der Waals surface area contributed by atoms with Crippen molar-refractivity contribution in [3.63, 3.8) is 0 Å². The quantitative estimate of drug-likeness (QED) is 0.673. The van der Waals surface area contributed by atoms with E-state index in [1.807, 2.05) is 18.2 Å². The van der Waals surface area contributed by atoms with Crippen LogP contribution in [-0.4, -0.2) is 22.4 Å². The number of ether oxygens (including phenoxy) is 1. The summed E-state index contributed by atoms with van der Waals surface area (Å²) in [6.45, 7) is 1.33. The van der Waals surface area contributed by atoms with Crippen LogP contribution in [0.25, 0.3) is 0 Å². The summed E-state index contributed by atoms with van der Waals surface area (Å²) in [6.07, 6.45) is 3.24. The highest BCUT2D eigenvalue weighted by molar-refractivity contribution is 5.92. The Morgan fingerprint density at radius 2 is 2.08 bits per heavy atom. The number of benzene rings is 1. The summed E-state index contributed by atoms with van der Waals surface area (Å²) in [4.78, 5) is 26.2. The average Bonchev–Trinajstić information content (AvgIpc) is 3.01. The van der Waals surface area contributed by atoms with Crippen LogP contribution >= 0.6 is 0 Å². The average molecular weight is 327 g/mol. The molecule has 0 fully saturated rings. The van der Waals surface area contributed by atoms with E-state index in [1.54, 1.807) is 13.0 Å². The van der Waals surface area contributed by atoms with Crippen LogP contribution in [0, 0.1) is 17.0 Å². The Labute approximate surface area is 138 Å². The minimum atomic E-state index is -0.624. The summed E-state index contributed by atoms with van der Waals surface area (Å²) in [5.41, 5.74) is 3.80. The standard InChI is InChI=1S/C17H17N3O4/c1-11-5-8-15(17(18-11)20(22)23)24-10-16(21)19-14-7-6-12-3-2-4-13(12)9-14/h5-9H,2-4,10H2,1H3,(H,19,21). The van der Waals surface area contributed by atoms with E-state index in [-0.39, 0.29) is 24.1 Å². The molecule has 1 aliphatic carbocycles. The molecule has 1 aromatic heterocycles. The number of nitrogens with one attached hydrogen (secondary N) is 1. The van der Waals surface area contributed by atoms with E-state index in [1.165, 1.54) is 17.2 Å². The van der Waals surface area contributed by atoms with Gasteiger partial charge in [-0.05, 0) is 64.6 Å². The number of nitro groups is 1. The fourth-order valence-electron chi connectivity index (χ4n) is 2.76. The molecular formula is C17H17N3O4. The number of anilines is 1. The molecule has 1 aromatic carbocycles. The van der Waals surface area contributed by atoms with Gasteiger partial charge in [-0.1, -0.05) is 6.07 Å². The molecular weight excluding hydrogens is 310 g/mol. The van der Waals surface area contributed by atoms with Crippen LogP contribution in [0.4, 0.5) is 11.5 Å². The highest BCUT2D eigenvalue weighted by atomic mass is 16.6. The molecule has 3 rings (SSSR count). The van der Waals surface area contributed by atoms with Gasteiger partial charge < -0.3 is 20.2 Å². The molecule has 0 bridgehead atoms. The van der Waals surface area contributed by atoms with Crippen molar-refractivity contribution in [1.82, 2.24) is 4.98 Å². The summed E-state index contributed by atoms with van der Waals surface area (Å²) in [5.74, 6) is -0.780. The van der Waals surface area contributed by atoms with Crippen LogP contribution in [0.2, 0.25) is 0 Å². The van der Waals surface area contributed by atoms with E-state index in [9.17, 15) is 14.9 Å². The van der Waals surface area contributed by atoms with Gasteiger partial charge in [0, 0.05) is 12.6 Å². The second-order valence-electron chi connectivity index (χ2n) is 5.71. The SMILES string of the molecule is Cc1ccc(OCC(=O)Nc2ccc3c(c2)CCC3)c([N+](=O)[O-])n1. The first-order valence-corrected chi connectivity index (χ1v) is 7.69. The van der Waals surface area contributed by atoms with Crippen LogP contribution < -0.4 is 10.1 Å². The molecule has 24 heavy (non-hydrogen) atoms. The molecule has 0 saturated heterocycles. The van der Waals surface area contributed by atoms with E-state index in [0.29, 0.717) is 11.4 Å². The lowest BCUT2D eigenvalue weighted by Gasteiger charge is -2.09. The number of aromatic nitrogens is 1. The smallest absolute Gasteiger partial charge is 0.406 e. The predicted octanol–water partition coefficient (Wildman–Crippen LogP) is 2.80. The van der Waals surface area contributed by atoms with Crippen molar-refractivity contribution >= 4 is 17.4 Å². The van der Waals surface area contributed by atoms with Crippen LogP contribution in [0.3, 0.4) is 0 Å². The van der Waals surface area contributed by atoms with Gasteiger partial charge in [-0.25, -0.2) is 0 Å². The monoisotopic (exact) mass is 327 g/mol. The summed E-state index contributed by atoms with van der Waals surface area (Å²) in [5, 5.41) is 13.7. The van der Waals surface area contributed by atoms with Gasteiger partial charge in [0.25, 0.3) is 5.91 Å². The van der Waals surface area contributed by atoms with Gasteiger partial charge in [-0.15, -0.1) is 0 Å². The summed E-state index contributed by atoms with van der Waals surface area (Å²) < 4.78 is 5.26. The zero-order chi connectivity index (χ0) is 17.1. The van der Waals surface area contributed by atoms with Crippen molar-refractivity contribution in [3.8, 4) is 5.75 Å². The van der Waals surface area contributed by atoms with Crippen molar-refractivity contribution in [3.05, 3.63) is 57.3 Å². The largest absolute Gasteiger partial charge is 0.476 e. The maximum atomic E-state index is 12.0. The molecule has 0 aliphatic heterocycles. The van der Waals surface area contributed by atoms with Gasteiger partial charge in [0.1, 0.15) is 5.69 Å². The molecule has 0 atom stereocenters. The Morgan fingerprint density at radius 3 is 2.88 bits per heavy atom. The van der Waals surface area contributed by atoms with Crippen LogP contribution in [0.5, 0.6) is 5.75 Å². The number of pyridine rings is 1. The second kappa shape index (κ2) is 6.66. The highest BCUT2D eigenvalue weighted by Crippen LogP contribution is 2.26. The minimum absolute atomic E-state index is 0.0188. The third-order valence-electron chi connectivity index (χ3n) is 3.89. The fourth-order valence-corrected chi connectivity index (χ4v) is 2.76. The van der Waals surface area contributed by atoms with Gasteiger partial charge in [0.15, 0.2) is 6.61 Å². The van der Waals surface area contributed by atoms with Gasteiger partial charge >= 0.3 is 5.82 Å². The zero-order valence-electron chi connectivity index (χ0n) is 13.2. The van der Waals surface area contributed by atoms with E-state index in [4.69, 9.17) is 4.74 Å². The Hall–Kier alpha value is -2.96. The van der Waals surface area contributed by atoms with Crippen LogP contribution in [0.1, 0.15) is 23.2 Å². The predicted molar refractivity (Wildman–Crippen MR) is 88.2 cm³/mol. The van der Waals surface area contributed by atoms with E-state index in [0.717, 1.165) is 19.3 Å². The molecule has 7 heteroatoms. The Bertz CT molecular complexity index is 804. The van der Waals surface area contributed by atoms with Crippen molar-refractivity contribution in [2.75, 3.05) is 11.9 Å². The van der Waals surface area contributed by atoms with Crippen molar-refractivity contribution in [2.45, 2.75) is 26.2 Å². The molecule has 0 radical (unpaired) electrons. The molecule has 1 amide bonds. The van der Waals surface area contributed by atoms with Gasteiger partial charge in [0.05, 0.1) is 0 Å². The van der Waals surface area contributed by atoms with E-state index < -0.39 is 4.92 Å². The van der Waals surface area contributed by atoms with Crippen molar-refractivity contribution < 1.29 is 14.5 Å². The zero-order valence-corrected chi connectivity index (χ0v) is 13.2. The molecule has 0 unspecified atom stereocenters. The van der Waals surface area contributed by atoms with Crippen molar-refractivity contribution in [2.24, 2.45) is 0 Å². The number of rotatable bonds is 5. The number of nitrogens with zero attached hydrogens (tertiary/aromatic N) is 2. The lowest BCUT2D eigenvalue weighted by Crippen LogP contribution is -2.20. The maximum Gasteiger partial charge on any atom is 0.406 e. The summed E-state index contributed by atoms with van der Waals surface area (Å²) in [7, 11) is 0. The highest BCUT2D eigenvalue weighted by Gasteiger charge is 2.19. The fraction of sp³-hybridized carbons (Fsp3) is 0.294. The maximum absolute atomic E-state index is 12.0. The molecule has 124 valence electrons. The molecule has 2 aromatic rings. The number of aryl methyl sites for hydroxylation is 3. The summed E-state index contributed by atoms with van der Waals surface area (Å²) >= 11 is 0. The lowest BCUT2D eigenvalue weighted by molar-refractivity contribution is -0.390. The first-order valence-electron chi connectivity index (χ1n) is 7.69. The number of carbonyl (C=O) groups excluding carboxylic acids is 1. The molecule has 0 saturated carbocycles. The molecule has 1 N–H and O–H groups in total. The van der Waals surface area contributed by atoms with E-state index in [2.05, 4.69) is 10.3 Å². The number of amides is 1. The third kappa shape index (κ3) is 3.51. The second-order valence-corrected chi connectivity index (χ2v) is 5.71. The molecule has 1 heterocycles. The van der Waals surface area contributed by atoms with Crippen LogP contribution in [0.15, 0.2) is 30.3 Å². The Kier molecular flexibility index (Phi) is 4.41.